The van der Waals surface area contributed by atoms with Crippen molar-refractivity contribution in [3.8, 4) is 17.2 Å². The van der Waals surface area contributed by atoms with Gasteiger partial charge in [0.1, 0.15) is 5.82 Å². The largest absolute Gasteiger partial charge is 0.504 e. The third-order valence-electron chi connectivity index (χ3n) is 3.70. The second-order valence-electron chi connectivity index (χ2n) is 5.74. The molecule has 0 atom stereocenters. The first kappa shape index (κ1) is 20.0. The maximum absolute atomic E-state index is 11.5. The van der Waals surface area contributed by atoms with Crippen LogP contribution in [0.1, 0.15) is 0 Å². The summed E-state index contributed by atoms with van der Waals surface area (Å²) in [6, 6.07) is 9.58. The standard InChI is InChI=1S/C19H16BrN5O4/c1-2-15(27)22-10-4-3-5-11(8-10)23-18-12(20)9-21-19(25-18)24-13-6-7-14(26)17(29)16(13)28/h2-9,26,28-29H,1H2,(H,22,27)(H2,21,23,24,25). The first-order valence-electron chi connectivity index (χ1n) is 8.21. The molecule has 10 heteroatoms. The lowest BCUT2D eigenvalue weighted by Gasteiger charge is -2.12. The Morgan fingerprint density at radius 3 is 2.59 bits per heavy atom. The molecule has 0 unspecified atom stereocenters. The third kappa shape index (κ3) is 4.74. The van der Waals surface area contributed by atoms with Crippen molar-refractivity contribution < 1.29 is 20.1 Å². The molecule has 1 aromatic heterocycles. The van der Waals surface area contributed by atoms with Crippen molar-refractivity contribution in [1.82, 2.24) is 9.97 Å². The quantitative estimate of drug-likeness (QED) is 0.185. The summed E-state index contributed by atoms with van der Waals surface area (Å²) >= 11 is 3.36. The van der Waals surface area contributed by atoms with Crippen molar-refractivity contribution >= 4 is 50.7 Å². The van der Waals surface area contributed by atoms with Crippen molar-refractivity contribution in [2.75, 3.05) is 16.0 Å². The lowest BCUT2D eigenvalue weighted by molar-refractivity contribution is -0.111. The summed E-state index contributed by atoms with van der Waals surface area (Å²) in [6.07, 6.45) is 2.67. The Hall–Kier alpha value is -3.79. The fourth-order valence-electron chi connectivity index (χ4n) is 2.31. The number of hydrogen-bond acceptors (Lipinski definition) is 8. The maximum atomic E-state index is 11.5. The number of carbonyl (C=O) groups is 1. The first-order valence-corrected chi connectivity index (χ1v) is 9.00. The van der Waals surface area contributed by atoms with Crippen LogP contribution < -0.4 is 16.0 Å². The predicted octanol–water partition coefficient (Wildman–Crippen LogP) is 3.97. The van der Waals surface area contributed by atoms with Crippen LogP contribution >= 0.6 is 15.9 Å². The molecule has 1 amide bonds. The van der Waals surface area contributed by atoms with Crippen LogP contribution in [0.2, 0.25) is 0 Å². The number of amides is 1. The Balaban J connectivity index is 1.83. The van der Waals surface area contributed by atoms with Gasteiger partial charge in [-0.25, -0.2) is 4.98 Å². The minimum atomic E-state index is -0.649. The second-order valence-corrected chi connectivity index (χ2v) is 6.60. The van der Waals surface area contributed by atoms with Gasteiger partial charge in [0.05, 0.1) is 10.2 Å². The van der Waals surface area contributed by atoms with E-state index in [0.29, 0.717) is 21.7 Å². The van der Waals surface area contributed by atoms with Gasteiger partial charge in [-0.3, -0.25) is 4.79 Å². The van der Waals surface area contributed by atoms with E-state index in [-0.39, 0.29) is 17.5 Å². The molecule has 0 bridgehead atoms. The van der Waals surface area contributed by atoms with Gasteiger partial charge in [-0.2, -0.15) is 4.98 Å². The Kier molecular flexibility index (Phi) is 5.84. The number of anilines is 5. The van der Waals surface area contributed by atoms with Crippen LogP contribution in [0.3, 0.4) is 0 Å². The Bertz CT molecular complexity index is 1090. The summed E-state index contributed by atoms with van der Waals surface area (Å²) in [7, 11) is 0. The molecule has 0 fully saturated rings. The van der Waals surface area contributed by atoms with Crippen LogP contribution in [-0.2, 0) is 4.79 Å². The molecule has 9 nitrogen and oxygen atoms in total. The maximum Gasteiger partial charge on any atom is 0.247 e. The highest BCUT2D eigenvalue weighted by molar-refractivity contribution is 9.10. The zero-order valence-electron chi connectivity index (χ0n) is 14.8. The van der Waals surface area contributed by atoms with Gasteiger partial charge in [0.2, 0.25) is 17.6 Å². The van der Waals surface area contributed by atoms with Crippen molar-refractivity contribution in [2.24, 2.45) is 0 Å². The number of nitrogens with one attached hydrogen (secondary N) is 3. The van der Waals surface area contributed by atoms with Crippen LogP contribution in [0.5, 0.6) is 17.2 Å². The van der Waals surface area contributed by atoms with Gasteiger partial charge in [0.25, 0.3) is 0 Å². The van der Waals surface area contributed by atoms with Gasteiger partial charge in [-0.05, 0) is 52.3 Å². The molecule has 0 spiro atoms. The van der Waals surface area contributed by atoms with Gasteiger partial charge < -0.3 is 31.3 Å². The Morgan fingerprint density at radius 2 is 1.83 bits per heavy atom. The molecular weight excluding hydrogens is 442 g/mol. The van der Waals surface area contributed by atoms with Gasteiger partial charge in [0.15, 0.2) is 11.5 Å². The Labute approximate surface area is 173 Å². The lowest BCUT2D eigenvalue weighted by atomic mass is 10.2. The smallest absolute Gasteiger partial charge is 0.247 e. The SMILES string of the molecule is C=CC(=O)Nc1cccc(Nc2nc(Nc3ccc(O)c(O)c3O)ncc2Br)c1. The number of nitrogens with zero attached hydrogens (tertiary/aromatic N) is 2. The highest BCUT2D eigenvalue weighted by Gasteiger charge is 2.13. The summed E-state index contributed by atoms with van der Waals surface area (Å²) in [6.45, 7) is 3.41. The summed E-state index contributed by atoms with van der Waals surface area (Å²) in [5.41, 5.74) is 1.35. The molecular formula is C19H16BrN5O4. The summed E-state index contributed by atoms with van der Waals surface area (Å²) in [5.74, 6) is -1.41. The average Bonchev–Trinajstić information content (AvgIpc) is 2.71. The molecule has 0 aliphatic heterocycles. The van der Waals surface area contributed by atoms with Gasteiger partial charge >= 0.3 is 0 Å². The molecule has 0 saturated heterocycles. The van der Waals surface area contributed by atoms with Crippen molar-refractivity contribution in [1.29, 1.82) is 0 Å². The molecule has 0 radical (unpaired) electrons. The summed E-state index contributed by atoms with van der Waals surface area (Å²) in [5, 5.41) is 37.5. The number of aromatic nitrogens is 2. The van der Waals surface area contributed by atoms with E-state index >= 15 is 0 Å². The molecule has 6 N–H and O–H groups in total. The highest BCUT2D eigenvalue weighted by atomic mass is 79.9. The van der Waals surface area contributed by atoms with Gasteiger partial charge in [-0.1, -0.05) is 12.6 Å². The number of phenolic OH excluding ortho intramolecular Hbond substituents is 3. The molecule has 1 heterocycles. The average molecular weight is 458 g/mol. The van der Waals surface area contributed by atoms with Crippen LogP contribution in [0.15, 0.2) is 59.7 Å². The molecule has 0 aliphatic rings. The highest BCUT2D eigenvalue weighted by Crippen LogP contribution is 2.41. The number of carbonyl (C=O) groups excluding carboxylic acids is 1. The lowest BCUT2D eigenvalue weighted by Crippen LogP contribution is -2.07. The molecule has 3 aromatic rings. The summed E-state index contributed by atoms with van der Waals surface area (Å²) in [4.78, 5) is 19.9. The molecule has 29 heavy (non-hydrogen) atoms. The minimum Gasteiger partial charge on any atom is -0.504 e. The number of hydrogen-bond donors (Lipinski definition) is 6. The van der Waals surface area contributed by atoms with E-state index < -0.39 is 17.2 Å². The van der Waals surface area contributed by atoms with Crippen LogP contribution in [0.4, 0.5) is 28.8 Å². The van der Waals surface area contributed by atoms with Crippen LogP contribution in [0, 0.1) is 0 Å². The number of halogens is 1. The fourth-order valence-corrected chi connectivity index (χ4v) is 2.60. The number of benzene rings is 2. The molecule has 0 aliphatic carbocycles. The number of rotatable bonds is 6. The zero-order chi connectivity index (χ0) is 21.0. The van der Waals surface area contributed by atoms with E-state index in [4.69, 9.17) is 0 Å². The van der Waals surface area contributed by atoms with E-state index in [2.05, 4.69) is 48.4 Å². The monoisotopic (exact) mass is 457 g/mol. The molecule has 2 aromatic carbocycles. The van der Waals surface area contributed by atoms with Crippen LogP contribution in [-0.4, -0.2) is 31.2 Å². The summed E-state index contributed by atoms with van der Waals surface area (Å²) < 4.78 is 0.571. The zero-order valence-corrected chi connectivity index (χ0v) is 16.4. The number of phenols is 3. The first-order chi connectivity index (χ1) is 13.9. The molecule has 3 rings (SSSR count). The van der Waals surface area contributed by atoms with E-state index in [1.807, 2.05) is 0 Å². The van der Waals surface area contributed by atoms with Crippen LogP contribution in [0.25, 0.3) is 0 Å². The normalized spacial score (nSPS) is 10.2. The van der Waals surface area contributed by atoms with Gasteiger partial charge in [-0.15, -0.1) is 0 Å². The molecule has 0 saturated carbocycles. The fraction of sp³-hybridized carbons (Fsp3) is 0. The molecule has 148 valence electrons. The second kappa shape index (κ2) is 8.48. The topological polar surface area (TPSA) is 140 Å². The van der Waals surface area contributed by atoms with E-state index in [1.165, 1.54) is 24.4 Å². The third-order valence-corrected chi connectivity index (χ3v) is 4.28. The van der Waals surface area contributed by atoms with Gasteiger partial charge in [0, 0.05) is 17.6 Å². The van der Waals surface area contributed by atoms with Crippen molar-refractivity contribution in [3.63, 3.8) is 0 Å². The van der Waals surface area contributed by atoms with Crippen molar-refractivity contribution in [2.45, 2.75) is 0 Å². The van der Waals surface area contributed by atoms with Crippen molar-refractivity contribution in [3.05, 3.63) is 59.7 Å². The Morgan fingerprint density at radius 1 is 1.07 bits per heavy atom. The van der Waals surface area contributed by atoms with E-state index in [9.17, 15) is 20.1 Å². The minimum absolute atomic E-state index is 0.114. The van der Waals surface area contributed by atoms with E-state index in [1.54, 1.807) is 24.3 Å². The van der Waals surface area contributed by atoms with E-state index in [0.717, 1.165) is 0 Å². The predicted molar refractivity (Wildman–Crippen MR) is 113 cm³/mol. The number of aromatic hydroxyl groups is 3.